The topological polar surface area (TPSA) is 92.9 Å². The summed E-state index contributed by atoms with van der Waals surface area (Å²) in [4.78, 5) is 23.4. The number of benzene rings is 1. The Morgan fingerprint density at radius 3 is 2.75 bits per heavy atom. The molecule has 1 fully saturated rings. The van der Waals surface area contributed by atoms with E-state index < -0.39 is 11.0 Å². The van der Waals surface area contributed by atoms with Gasteiger partial charge < -0.3 is 14.7 Å². The summed E-state index contributed by atoms with van der Waals surface area (Å²) >= 11 is 0. The summed E-state index contributed by atoms with van der Waals surface area (Å²) in [5, 5.41) is 20.0. The number of β-amino-alcohol motifs (C(OH)–C–C–N with tert-alkyl or cyclic N) is 1. The number of nitro benzene ring substituents is 1. The molecule has 0 aliphatic carbocycles. The number of piperidine rings is 1. The number of aliphatic hydroxyl groups excluding tert-OH is 1. The molecule has 1 aromatic carbocycles. The van der Waals surface area contributed by atoms with Crippen molar-refractivity contribution in [3.05, 3.63) is 34.4 Å². The molecular formula is C13H16N2O5. The molecule has 0 aromatic heterocycles. The van der Waals surface area contributed by atoms with E-state index >= 15 is 0 Å². The highest BCUT2D eigenvalue weighted by Crippen LogP contribution is 2.17. The molecule has 1 aromatic rings. The summed E-state index contributed by atoms with van der Waals surface area (Å²) < 4.78 is 5.30. The molecule has 0 radical (unpaired) electrons. The quantitative estimate of drug-likeness (QED) is 0.655. The number of ether oxygens (including phenoxy) is 1. The fraction of sp³-hybridized carbons (Fsp3) is 0.462. The van der Waals surface area contributed by atoms with Gasteiger partial charge in [-0.1, -0.05) is 0 Å². The van der Waals surface area contributed by atoms with Crippen LogP contribution in [0.15, 0.2) is 24.3 Å². The van der Waals surface area contributed by atoms with E-state index in [1.165, 1.54) is 24.3 Å². The Bertz CT molecular complexity index is 488. The Labute approximate surface area is 115 Å². The molecule has 1 amide bonds. The number of nitrogens with zero attached hydrogens (tertiary/aromatic N) is 2. The molecule has 1 aliphatic heterocycles. The van der Waals surface area contributed by atoms with Crippen molar-refractivity contribution < 1.29 is 19.6 Å². The molecule has 0 saturated carbocycles. The molecule has 7 heteroatoms. The van der Waals surface area contributed by atoms with Crippen LogP contribution in [0.4, 0.5) is 5.69 Å². The number of hydrogen-bond donors (Lipinski definition) is 1. The van der Waals surface area contributed by atoms with Crippen molar-refractivity contribution in [3.63, 3.8) is 0 Å². The second kappa shape index (κ2) is 6.33. The second-order valence-electron chi connectivity index (χ2n) is 4.68. The minimum Gasteiger partial charge on any atom is -0.484 e. The van der Waals surface area contributed by atoms with Crippen LogP contribution in [0.1, 0.15) is 12.8 Å². The minimum atomic E-state index is -0.496. The molecule has 20 heavy (non-hydrogen) atoms. The molecule has 1 atom stereocenters. The van der Waals surface area contributed by atoms with Crippen molar-refractivity contribution in [2.45, 2.75) is 18.9 Å². The lowest BCUT2D eigenvalue weighted by atomic mass is 10.1. The average molecular weight is 280 g/mol. The maximum atomic E-state index is 11.9. The number of likely N-dealkylation sites (tertiary alicyclic amines) is 1. The summed E-state index contributed by atoms with van der Waals surface area (Å²) in [7, 11) is 0. The van der Waals surface area contributed by atoms with Gasteiger partial charge in [-0.05, 0) is 25.0 Å². The van der Waals surface area contributed by atoms with Gasteiger partial charge in [-0.25, -0.2) is 0 Å². The first-order valence-corrected chi connectivity index (χ1v) is 6.39. The van der Waals surface area contributed by atoms with E-state index in [-0.39, 0.29) is 18.2 Å². The van der Waals surface area contributed by atoms with Gasteiger partial charge in [-0.2, -0.15) is 0 Å². The standard InChI is InChI=1S/C13H16N2O5/c16-11-2-1-7-14(8-11)13(17)9-20-12-5-3-10(4-6-12)15(18)19/h3-6,11,16H,1-2,7-9H2/t11-/m0/s1. The van der Waals surface area contributed by atoms with Crippen LogP contribution < -0.4 is 4.74 Å². The highest BCUT2D eigenvalue weighted by Gasteiger charge is 2.22. The van der Waals surface area contributed by atoms with Gasteiger partial charge >= 0.3 is 0 Å². The Hall–Kier alpha value is -2.15. The number of nitro groups is 1. The lowest BCUT2D eigenvalue weighted by Gasteiger charge is -2.29. The van der Waals surface area contributed by atoms with Crippen molar-refractivity contribution >= 4 is 11.6 Å². The monoisotopic (exact) mass is 280 g/mol. The third kappa shape index (κ3) is 3.67. The maximum Gasteiger partial charge on any atom is 0.269 e. The molecule has 1 N–H and O–H groups in total. The summed E-state index contributed by atoms with van der Waals surface area (Å²) in [5.41, 5.74) is -0.0252. The molecule has 0 bridgehead atoms. The number of non-ortho nitro benzene ring substituents is 1. The Morgan fingerprint density at radius 1 is 1.45 bits per heavy atom. The van der Waals surface area contributed by atoms with E-state index in [4.69, 9.17) is 4.74 Å². The first-order valence-electron chi connectivity index (χ1n) is 6.39. The lowest BCUT2D eigenvalue weighted by molar-refractivity contribution is -0.384. The summed E-state index contributed by atoms with van der Waals surface area (Å²) in [5.74, 6) is 0.212. The van der Waals surface area contributed by atoms with Crippen molar-refractivity contribution in [2.75, 3.05) is 19.7 Å². The van der Waals surface area contributed by atoms with Gasteiger partial charge in [-0.15, -0.1) is 0 Å². The number of amides is 1. The van der Waals surface area contributed by atoms with Crippen LogP contribution in [0.3, 0.4) is 0 Å². The van der Waals surface area contributed by atoms with Gasteiger partial charge in [-0.3, -0.25) is 14.9 Å². The zero-order valence-corrected chi connectivity index (χ0v) is 10.9. The van der Waals surface area contributed by atoms with Crippen LogP contribution in [0.5, 0.6) is 5.75 Å². The number of rotatable bonds is 4. The molecular weight excluding hydrogens is 264 g/mol. The molecule has 7 nitrogen and oxygen atoms in total. The summed E-state index contributed by atoms with van der Waals surface area (Å²) in [6, 6.07) is 5.56. The van der Waals surface area contributed by atoms with E-state index in [1.54, 1.807) is 4.90 Å². The molecule has 1 aliphatic rings. The van der Waals surface area contributed by atoms with Crippen LogP contribution in [0.2, 0.25) is 0 Å². The van der Waals surface area contributed by atoms with E-state index in [9.17, 15) is 20.0 Å². The van der Waals surface area contributed by atoms with E-state index in [1.807, 2.05) is 0 Å². The van der Waals surface area contributed by atoms with Crippen LogP contribution in [0.25, 0.3) is 0 Å². The smallest absolute Gasteiger partial charge is 0.269 e. The first-order chi connectivity index (χ1) is 9.56. The highest BCUT2D eigenvalue weighted by atomic mass is 16.6. The fourth-order valence-corrected chi connectivity index (χ4v) is 2.08. The Kier molecular flexibility index (Phi) is 4.52. The third-order valence-corrected chi connectivity index (χ3v) is 3.16. The van der Waals surface area contributed by atoms with E-state index in [2.05, 4.69) is 0 Å². The van der Waals surface area contributed by atoms with Crippen LogP contribution in [0, 0.1) is 10.1 Å². The van der Waals surface area contributed by atoms with E-state index in [0.717, 1.165) is 6.42 Å². The number of carbonyl (C=O) groups is 1. The van der Waals surface area contributed by atoms with Gasteiger partial charge in [0.05, 0.1) is 11.0 Å². The molecule has 0 spiro atoms. The Morgan fingerprint density at radius 2 is 2.15 bits per heavy atom. The van der Waals surface area contributed by atoms with Crippen molar-refractivity contribution in [1.29, 1.82) is 0 Å². The normalized spacial score (nSPS) is 18.6. The second-order valence-corrected chi connectivity index (χ2v) is 4.68. The molecule has 0 unspecified atom stereocenters. The van der Waals surface area contributed by atoms with Gasteiger partial charge in [0.1, 0.15) is 5.75 Å². The fourth-order valence-electron chi connectivity index (χ4n) is 2.08. The first kappa shape index (κ1) is 14.3. The Balaban J connectivity index is 1.85. The van der Waals surface area contributed by atoms with Crippen LogP contribution >= 0.6 is 0 Å². The predicted molar refractivity (Wildman–Crippen MR) is 70.4 cm³/mol. The maximum absolute atomic E-state index is 11.9. The van der Waals surface area contributed by atoms with Gasteiger partial charge in [0, 0.05) is 25.2 Å². The lowest BCUT2D eigenvalue weighted by Crippen LogP contribution is -2.44. The van der Waals surface area contributed by atoms with Crippen LogP contribution in [-0.2, 0) is 4.79 Å². The predicted octanol–water partition coefficient (Wildman–Crippen LogP) is 0.957. The molecule has 1 saturated heterocycles. The molecule has 1 heterocycles. The van der Waals surface area contributed by atoms with Crippen LogP contribution in [-0.4, -0.2) is 46.6 Å². The molecule has 2 rings (SSSR count). The number of carbonyl (C=O) groups excluding carboxylic acids is 1. The minimum absolute atomic E-state index is 0.0252. The van der Waals surface area contributed by atoms with Crippen molar-refractivity contribution in [1.82, 2.24) is 4.90 Å². The number of aliphatic hydroxyl groups is 1. The SMILES string of the molecule is O=C(COc1ccc([N+](=O)[O-])cc1)N1CCC[C@H](O)C1. The zero-order valence-electron chi connectivity index (χ0n) is 10.9. The average Bonchev–Trinajstić information content (AvgIpc) is 2.45. The molecule has 108 valence electrons. The van der Waals surface area contributed by atoms with Crippen molar-refractivity contribution in [3.8, 4) is 5.75 Å². The van der Waals surface area contributed by atoms with E-state index in [0.29, 0.717) is 25.3 Å². The zero-order chi connectivity index (χ0) is 14.5. The van der Waals surface area contributed by atoms with Gasteiger partial charge in [0.15, 0.2) is 6.61 Å². The van der Waals surface area contributed by atoms with Crippen molar-refractivity contribution in [2.24, 2.45) is 0 Å². The highest BCUT2D eigenvalue weighted by molar-refractivity contribution is 5.77. The largest absolute Gasteiger partial charge is 0.484 e. The number of hydrogen-bond acceptors (Lipinski definition) is 5. The third-order valence-electron chi connectivity index (χ3n) is 3.16. The summed E-state index contributed by atoms with van der Waals surface area (Å²) in [6.07, 6.45) is 1.03. The summed E-state index contributed by atoms with van der Waals surface area (Å²) in [6.45, 7) is 0.826. The van der Waals surface area contributed by atoms with Gasteiger partial charge in [0.25, 0.3) is 11.6 Å². The van der Waals surface area contributed by atoms with Gasteiger partial charge in [0.2, 0.25) is 0 Å².